The number of carbonyl (C=O) groups is 1. The van der Waals surface area contributed by atoms with Gasteiger partial charge in [0.15, 0.2) is 0 Å². The summed E-state index contributed by atoms with van der Waals surface area (Å²) in [4.78, 5) is 23.5. The van der Waals surface area contributed by atoms with Crippen LogP contribution < -0.4 is 5.32 Å². The van der Waals surface area contributed by atoms with Crippen molar-refractivity contribution in [2.24, 2.45) is 0 Å². The van der Waals surface area contributed by atoms with E-state index in [2.05, 4.69) is 33.6 Å². The van der Waals surface area contributed by atoms with Crippen LogP contribution in [0.5, 0.6) is 0 Å². The number of benzene rings is 1. The summed E-state index contributed by atoms with van der Waals surface area (Å²) in [6, 6.07) is 9.92. The number of hydrogen-bond acceptors (Lipinski definition) is 4. The minimum Gasteiger partial charge on any atom is -0.326 e. The average Bonchev–Trinajstić information content (AvgIpc) is 2.99. The molecule has 2 aromatic heterocycles. The Morgan fingerprint density at radius 2 is 2.12 bits per heavy atom. The van der Waals surface area contributed by atoms with Gasteiger partial charge in [0, 0.05) is 37.2 Å². The summed E-state index contributed by atoms with van der Waals surface area (Å²) in [7, 11) is 0. The molecule has 1 amide bonds. The smallest absolute Gasteiger partial charge is 0.257 e. The average molecular weight is 335 g/mol. The first-order chi connectivity index (χ1) is 12.1. The van der Waals surface area contributed by atoms with Crippen LogP contribution in [-0.2, 0) is 13.1 Å². The van der Waals surface area contributed by atoms with Crippen LogP contribution in [0.3, 0.4) is 0 Å². The monoisotopic (exact) mass is 335 g/mol. The van der Waals surface area contributed by atoms with Crippen molar-refractivity contribution in [2.45, 2.75) is 33.0 Å². The molecule has 6 nitrogen and oxygen atoms in total. The Bertz CT molecular complexity index is 916. The van der Waals surface area contributed by atoms with Crippen molar-refractivity contribution in [3.63, 3.8) is 0 Å². The third kappa shape index (κ3) is 3.00. The molecule has 0 bridgehead atoms. The van der Waals surface area contributed by atoms with E-state index in [-0.39, 0.29) is 5.91 Å². The number of anilines is 1. The highest BCUT2D eigenvalue weighted by Gasteiger charge is 2.21. The number of aromatic nitrogens is 3. The number of pyridine rings is 1. The Labute approximate surface area is 146 Å². The molecule has 4 rings (SSSR count). The molecule has 1 aliphatic rings. The highest BCUT2D eigenvalue weighted by molar-refractivity contribution is 6.04. The fourth-order valence-corrected chi connectivity index (χ4v) is 3.26. The number of nitrogens with one attached hydrogen (secondary N) is 1. The maximum absolute atomic E-state index is 12.3. The summed E-state index contributed by atoms with van der Waals surface area (Å²) in [6.07, 6.45) is 3.21. The molecular weight excluding hydrogens is 314 g/mol. The van der Waals surface area contributed by atoms with E-state index in [1.54, 1.807) is 24.5 Å². The van der Waals surface area contributed by atoms with Crippen LogP contribution in [0.25, 0.3) is 11.0 Å². The lowest BCUT2D eigenvalue weighted by Crippen LogP contribution is -2.38. The molecule has 0 saturated carbocycles. The molecular formula is C19H21N5O. The number of fused-ring (bicyclic) bond motifs is 3. The van der Waals surface area contributed by atoms with Gasteiger partial charge < -0.3 is 9.88 Å². The molecule has 0 spiro atoms. The molecule has 0 fully saturated rings. The van der Waals surface area contributed by atoms with Gasteiger partial charge in [-0.1, -0.05) is 0 Å². The van der Waals surface area contributed by atoms with Crippen LogP contribution in [0.15, 0.2) is 42.7 Å². The molecule has 0 saturated heterocycles. The Balaban J connectivity index is 1.60. The van der Waals surface area contributed by atoms with E-state index in [0.717, 1.165) is 42.2 Å². The topological polar surface area (TPSA) is 63.1 Å². The molecule has 25 heavy (non-hydrogen) atoms. The predicted molar refractivity (Wildman–Crippen MR) is 97.5 cm³/mol. The van der Waals surface area contributed by atoms with Crippen LogP contribution in [0.4, 0.5) is 5.69 Å². The number of imidazole rings is 1. The summed E-state index contributed by atoms with van der Waals surface area (Å²) in [5.74, 6) is 0.924. The normalized spacial score (nSPS) is 14.7. The largest absolute Gasteiger partial charge is 0.326 e. The van der Waals surface area contributed by atoms with E-state index in [1.807, 2.05) is 18.2 Å². The second-order valence-corrected chi connectivity index (χ2v) is 6.64. The van der Waals surface area contributed by atoms with Gasteiger partial charge >= 0.3 is 0 Å². The maximum Gasteiger partial charge on any atom is 0.257 e. The molecule has 128 valence electrons. The van der Waals surface area contributed by atoms with Crippen molar-refractivity contribution in [1.82, 2.24) is 19.4 Å². The van der Waals surface area contributed by atoms with Crippen LogP contribution >= 0.6 is 0 Å². The van der Waals surface area contributed by atoms with E-state index in [0.29, 0.717) is 11.6 Å². The van der Waals surface area contributed by atoms with Crippen molar-refractivity contribution in [3.8, 4) is 0 Å². The first-order valence-corrected chi connectivity index (χ1v) is 8.56. The minimum atomic E-state index is -0.164. The lowest BCUT2D eigenvalue weighted by Gasteiger charge is -2.30. The van der Waals surface area contributed by atoms with Gasteiger partial charge in [-0.15, -0.1) is 0 Å². The second-order valence-electron chi connectivity index (χ2n) is 6.64. The third-order valence-corrected chi connectivity index (χ3v) is 4.69. The van der Waals surface area contributed by atoms with Crippen LogP contribution in [0.2, 0.25) is 0 Å². The SMILES string of the molecule is CC(C)N1CCn2c(nc3cc(NC(=O)c4cccnc4)ccc32)C1. The highest BCUT2D eigenvalue weighted by atomic mass is 16.1. The number of carbonyl (C=O) groups excluding carboxylic acids is 1. The predicted octanol–water partition coefficient (Wildman–Crippen LogP) is 2.91. The molecule has 0 atom stereocenters. The standard InChI is InChI=1S/C19H21N5O/c1-13(2)23-8-9-24-17-6-5-15(10-16(17)22-18(24)12-23)21-19(25)14-4-3-7-20-11-14/h3-7,10-11,13H,8-9,12H2,1-2H3,(H,21,25). The summed E-state index contributed by atoms with van der Waals surface area (Å²) < 4.78 is 2.28. The van der Waals surface area contributed by atoms with Gasteiger partial charge in [0.2, 0.25) is 0 Å². The zero-order valence-corrected chi connectivity index (χ0v) is 14.4. The quantitative estimate of drug-likeness (QED) is 0.799. The second kappa shape index (κ2) is 6.29. The van der Waals surface area contributed by atoms with Gasteiger partial charge in [0.25, 0.3) is 5.91 Å². The van der Waals surface area contributed by atoms with Crippen LogP contribution in [0.1, 0.15) is 30.0 Å². The number of hydrogen-bond donors (Lipinski definition) is 1. The molecule has 3 heterocycles. The van der Waals surface area contributed by atoms with Crippen molar-refractivity contribution in [3.05, 3.63) is 54.1 Å². The van der Waals surface area contributed by atoms with Crippen molar-refractivity contribution >= 4 is 22.6 Å². The molecule has 1 aliphatic heterocycles. The molecule has 1 N–H and O–H groups in total. The highest BCUT2D eigenvalue weighted by Crippen LogP contribution is 2.24. The Kier molecular flexibility index (Phi) is 3.97. The molecule has 0 radical (unpaired) electrons. The lowest BCUT2D eigenvalue weighted by molar-refractivity contribution is 0.102. The number of amides is 1. The molecule has 6 heteroatoms. The first-order valence-electron chi connectivity index (χ1n) is 8.56. The van der Waals surface area contributed by atoms with Crippen molar-refractivity contribution in [2.75, 3.05) is 11.9 Å². The number of rotatable bonds is 3. The minimum absolute atomic E-state index is 0.164. The van der Waals surface area contributed by atoms with Gasteiger partial charge in [-0.05, 0) is 44.2 Å². The summed E-state index contributed by atoms with van der Waals surface area (Å²) in [5.41, 5.74) is 3.33. The van der Waals surface area contributed by atoms with Crippen LogP contribution in [0, 0.1) is 0 Å². The zero-order chi connectivity index (χ0) is 17.4. The molecule has 3 aromatic rings. The summed E-state index contributed by atoms with van der Waals surface area (Å²) >= 11 is 0. The van der Waals surface area contributed by atoms with Gasteiger partial charge in [-0.25, -0.2) is 4.98 Å². The Morgan fingerprint density at radius 1 is 1.24 bits per heavy atom. The molecule has 0 unspecified atom stereocenters. The fourth-order valence-electron chi connectivity index (χ4n) is 3.26. The van der Waals surface area contributed by atoms with E-state index < -0.39 is 0 Å². The van der Waals surface area contributed by atoms with Crippen molar-refractivity contribution in [1.29, 1.82) is 0 Å². The molecule has 0 aliphatic carbocycles. The Hall–Kier alpha value is -2.73. The van der Waals surface area contributed by atoms with E-state index in [1.165, 1.54) is 0 Å². The van der Waals surface area contributed by atoms with Crippen molar-refractivity contribution < 1.29 is 4.79 Å². The van der Waals surface area contributed by atoms with Gasteiger partial charge in [0.05, 0.1) is 23.1 Å². The number of nitrogens with zero attached hydrogens (tertiary/aromatic N) is 4. The Morgan fingerprint density at radius 3 is 2.88 bits per heavy atom. The summed E-state index contributed by atoms with van der Waals surface area (Å²) in [6.45, 7) is 7.28. The lowest BCUT2D eigenvalue weighted by atomic mass is 10.2. The van der Waals surface area contributed by atoms with Crippen LogP contribution in [-0.4, -0.2) is 37.9 Å². The van der Waals surface area contributed by atoms with Gasteiger partial charge in [0.1, 0.15) is 5.82 Å². The van der Waals surface area contributed by atoms with E-state index in [4.69, 9.17) is 4.98 Å². The molecule has 1 aromatic carbocycles. The van der Waals surface area contributed by atoms with E-state index in [9.17, 15) is 4.79 Å². The maximum atomic E-state index is 12.3. The fraction of sp³-hybridized carbons (Fsp3) is 0.316. The van der Waals surface area contributed by atoms with Gasteiger partial charge in [-0.3, -0.25) is 14.7 Å². The van der Waals surface area contributed by atoms with E-state index >= 15 is 0 Å². The third-order valence-electron chi connectivity index (χ3n) is 4.69. The zero-order valence-electron chi connectivity index (χ0n) is 14.4. The first kappa shape index (κ1) is 15.8. The van der Waals surface area contributed by atoms with Gasteiger partial charge in [-0.2, -0.15) is 0 Å². The summed E-state index contributed by atoms with van der Waals surface area (Å²) in [5, 5.41) is 2.92.